The highest BCUT2D eigenvalue weighted by atomic mass is 32.1. The molecule has 0 aliphatic carbocycles. The second-order valence-corrected chi connectivity index (χ2v) is 6.87. The van der Waals surface area contributed by atoms with Crippen LogP contribution >= 0.6 is 11.3 Å². The van der Waals surface area contributed by atoms with Crippen LogP contribution in [-0.2, 0) is 11.0 Å². The Bertz CT molecular complexity index is 957. The van der Waals surface area contributed by atoms with E-state index in [9.17, 15) is 18.0 Å². The van der Waals surface area contributed by atoms with E-state index in [0.717, 1.165) is 11.8 Å². The molecule has 4 nitrogen and oxygen atoms in total. The summed E-state index contributed by atoms with van der Waals surface area (Å²) in [7, 11) is 0. The fourth-order valence-electron chi connectivity index (χ4n) is 2.58. The van der Waals surface area contributed by atoms with E-state index in [1.54, 1.807) is 42.6 Å². The monoisotopic (exact) mass is 406 g/mol. The Labute approximate surface area is 164 Å². The molecule has 3 rings (SSSR count). The van der Waals surface area contributed by atoms with Crippen molar-refractivity contribution in [2.45, 2.75) is 26.1 Å². The molecule has 1 heterocycles. The van der Waals surface area contributed by atoms with Gasteiger partial charge in [0.05, 0.1) is 16.9 Å². The lowest BCUT2D eigenvalue weighted by Crippen LogP contribution is -2.38. The predicted octanol–water partition coefficient (Wildman–Crippen LogP) is 5.60. The average Bonchev–Trinajstić information content (AvgIpc) is 3.08. The van der Waals surface area contributed by atoms with E-state index in [0.29, 0.717) is 10.8 Å². The van der Waals surface area contributed by atoms with Gasteiger partial charge in [-0.3, -0.25) is 9.69 Å². The van der Waals surface area contributed by atoms with E-state index in [-0.39, 0.29) is 5.75 Å². The molecule has 28 heavy (non-hydrogen) atoms. The highest BCUT2D eigenvalue weighted by molar-refractivity contribution is 7.14. The van der Waals surface area contributed by atoms with E-state index in [4.69, 9.17) is 4.74 Å². The van der Waals surface area contributed by atoms with Crippen molar-refractivity contribution in [3.05, 3.63) is 71.2 Å². The first-order valence-electron chi connectivity index (χ1n) is 8.41. The molecule has 0 aliphatic heterocycles. The van der Waals surface area contributed by atoms with Gasteiger partial charge in [-0.25, -0.2) is 4.98 Å². The number of halogens is 3. The molecule has 1 amide bonds. The number of carbonyl (C=O) groups excluding carboxylic acids is 1. The molecule has 146 valence electrons. The quantitative estimate of drug-likeness (QED) is 0.554. The third-order valence-electron chi connectivity index (χ3n) is 3.88. The van der Waals surface area contributed by atoms with E-state index >= 15 is 0 Å². The minimum Gasteiger partial charge on any atom is -0.480 e. The van der Waals surface area contributed by atoms with Crippen molar-refractivity contribution < 1.29 is 22.7 Å². The fraction of sp³-hybridized carbons (Fsp3) is 0.200. The Hall–Kier alpha value is -2.87. The minimum atomic E-state index is -4.58. The van der Waals surface area contributed by atoms with Gasteiger partial charge in [0.25, 0.3) is 5.91 Å². The number of amides is 1. The van der Waals surface area contributed by atoms with Crippen molar-refractivity contribution in [2.24, 2.45) is 0 Å². The van der Waals surface area contributed by atoms with Crippen molar-refractivity contribution in [1.29, 1.82) is 0 Å². The van der Waals surface area contributed by atoms with Gasteiger partial charge in [0.1, 0.15) is 5.75 Å². The van der Waals surface area contributed by atoms with Crippen molar-refractivity contribution in [3.63, 3.8) is 0 Å². The van der Waals surface area contributed by atoms with Crippen LogP contribution in [0.25, 0.3) is 0 Å². The number of nitrogens with zero attached hydrogens (tertiary/aromatic N) is 2. The molecule has 0 radical (unpaired) electrons. The maximum absolute atomic E-state index is 13.2. The Balaban J connectivity index is 1.92. The highest BCUT2D eigenvalue weighted by Gasteiger charge is 2.35. The van der Waals surface area contributed by atoms with Gasteiger partial charge >= 0.3 is 6.18 Å². The molecule has 3 aromatic rings. The molecule has 0 spiro atoms. The Morgan fingerprint density at radius 2 is 1.75 bits per heavy atom. The van der Waals surface area contributed by atoms with Gasteiger partial charge in [-0.2, -0.15) is 13.2 Å². The molecule has 0 saturated carbocycles. The summed E-state index contributed by atoms with van der Waals surface area (Å²) in [5.41, 5.74) is 0.372. The number of thiazole rings is 1. The number of carbonyl (C=O) groups is 1. The van der Waals surface area contributed by atoms with Crippen LogP contribution in [0.4, 0.5) is 24.0 Å². The largest absolute Gasteiger partial charge is 0.480 e. The number of hydrogen-bond donors (Lipinski definition) is 0. The van der Waals surface area contributed by atoms with E-state index < -0.39 is 23.8 Å². The topological polar surface area (TPSA) is 42.4 Å². The zero-order valence-corrected chi connectivity index (χ0v) is 15.9. The molecule has 1 atom stereocenters. The van der Waals surface area contributed by atoms with Gasteiger partial charge in [-0.1, -0.05) is 30.3 Å². The zero-order valence-electron chi connectivity index (χ0n) is 15.1. The van der Waals surface area contributed by atoms with Gasteiger partial charge in [0, 0.05) is 5.38 Å². The first-order chi connectivity index (χ1) is 13.3. The minimum absolute atomic E-state index is 0.390. The second kappa shape index (κ2) is 8.02. The first-order valence-corrected chi connectivity index (χ1v) is 9.29. The van der Waals surface area contributed by atoms with Gasteiger partial charge in [0.2, 0.25) is 0 Å². The third kappa shape index (κ3) is 4.33. The molecule has 0 bridgehead atoms. The lowest BCUT2D eigenvalue weighted by Gasteiger charge is -2.25. The van der Waals surface area contributed by atoms with Gasteiger partial charge in [-0.05, 0) is 38.1 Å². The normalized spacial score (nSPS) is 12.5. The van der Waals surface area contributed by atoms with Crippen LogP contribution in [0.15, 0.2) is 60.0 Å². The smallest absolute Gasteiger partial charge is 0.419 e. The van der Waals surface area contributed by atoms with E-state index in [1.807, 2.05) is 0 Å². The summed E-state index contributed by atoms with van der Waals surface area (Å²) in [6.45, 7) is 3.22. The summed E-state index contributed by atoms with van der Waals surface area (Å²) in [6.07, 6.45) is -5.74. The molecule has 0 aliphatic rings. The van der Waals surface area contributed by atoms with Crippen molar-refractivity contribution >= 4 is 28.1 Å². The summed E-state index contributed by atoms with van der Waals surface area (Å²) >= 11 is 1.27. The summed E-state index contributed by atoms with van der Waals surface area (Å²) < 4.78 is 45.1. The van der Waals surface area contributed by atoms with Crippen LogP contribution in [0, 0.1) is 6.92 Å². The Kier molecular flexibility index (Phi) is 5.69. The number of aromatic nitrogens is 1. The molecular formula is C20H17F3N2O2S. The Morgan fingerprint density at radius 3 is 2.36 bits per heavy atom. The standard InChI is InChI=1S/C20H17F3N2O2S/c1-13-12-28-19(24-13)25(15-8-4-3-5-9-15)18(26)14(2)27-17-11-7-6-10-16(17)20(21,22)23/h3-12,14H,1-2H3. The van der Waals surface area contributed by atoms with Gasteiger partial charge in [0.15, 0.2) is 11.2 Å². The number of ether oxygens (including phenoxy) is 1. The van der Waals surface area contributed by atoms with Crippen molar-refractivity contribution in [1.82, 2.24) is 4.98 Å². The number of alkyl halides is 3. The van der Waals surface area contributed by atoms with Crippen LogP contribution < -0.4 is 9.64 Å². The highest BCUT2D eigenvalue weighted by Crippen LogP contribution is 2.37. The molecule has 0 N–H and O–H groups in total. The summed E-state index contributed by atoms with van der Waals surface area (Å²) in [6, 6.07) is 13.6. The summed E-state index contributed by atoms with van der Waals surface area (Å²) in [4.78, 5) is 18.8. The van der Waals surface area contributed by atoms with Crippen molar-refractivity contribution in [2.75, 3.05) is 4.90 Å². The van der Waals surface area contributed by atoms with Crippen LogP contribution in [-0.4, -0.2) is 17.0 Å². The first kappa shape index (κ1) is 19.9. The number of benzene rings is 2. The molecule has 1 unspecified atom stereocenters. The van der Waals surface area contributed by atoms with Crippen LogP contribution in [0.1, 0.15) is 18.2 Å². The lowest BCUT2D eigenvalue weighted by molar-refractivity contribution is -0.140. The summed E-state index contributed by atoms with van der Waals surface area (Å²) in [5.74, 6) is -0.906. The van der Waals surface area contributed by atoms with Crippen molar-refractivity contribution in [3.8, 4) is 5.75 Å². The number of para-hydroxylation sites is 2. The van der Waals surface area contributed by atoms with Crippen LogP contribution in [0.2, 0.25) is 0 Å². The van der Waals surface area contributed by atoms with E-state index in [1.165, 1.54) is 41.4 Å². The molecular weight excluding hydrogens is 389 g/mol. The molecule has 0 fully saturated rings. The number of anilines is 2. The van der Waals surface area contributed by atoms with Gasteiger partial charge in [-0.15, -0.1) is 11.3 Å². The van der Waals surface area contributed by atoms with E-state index in [2.05, 4.69) is 4.98 Å². The Morgan fingerprint density at radius 1 is 1.11 bits per heavy atom. The summed E-state index contributed by atoms with van der Waals surface area (Å²) in [5, 5.41) is 2.22. The lowest BCUT2D eigenvalue weighted by atomic mass is 10.2. The number of hydrogen-bond acceptors (Lipinski definition) is 4. The second-order valence-electron chi connectivity index (χ2n) is 6.03. The molecule has 0 saturated heterocycles. The zero-order chi connectivity index (χ0) is 20.3. The third-order valence-corrected chi connectivity index (χ3v) is 4.82. The molecule has 1 aromatic heterocycles. The number of aryl methyl sites for hydroxylation is 1. The average molecular weight is 406 g/mol. The fourth-order valence-corrected chi connectivity index (χ4v) is 3.41. The maximum Gasteiger partial charge on any atom is 0.419 e. The molecule has 2 aromatic carbocycles. The van der Waals surface area contributed by atoms with Gasteiger partial charge < -0.3 is 4.74 Å². The van der Waals surface area contributed by atoms with Crippen LogP contribution in [0.5, 0.6) is 5.75 Å². The SMILES string of the molecule is Cc1csc(N(C(=O)C(C)Oc2ccccc2C(F)(F)F)c2ccccc2)n1. The van der Waals surface area contributed by atoms with Crippen LogP contribution in [0.3, 0.4) is 0 Å². The number of rotatable bonds is 5. The molecule has 8 heteroatoms. The predicted molar refractivity (Wildman–Crippen MR) is 102 cm³/mol. The maximum atomic E-state index is 13.2.